The van der Waals surface area contributed by atoms with Gasteiger partial charge in [-0.15, -0.1) is 0 Å². The molecular weight excluding hydrogens is 242 g/mol. The van der Waals surface area contributed by atoms with Crippen molar-refractivity contribution in [3.05, 3.63) is 0 Å². The van der Waals surface area contributed by atoms with Crippen LogP contribution in [0, 0.1) is 10.8 Å². The summed E-state index contributed by atoms with van der Waals surface area (Å²) < 4.78 is 0. The number of hydrogen-bond acceptors (Lipinski definition) is 2. The Hall–Kier alpha value is -0.180. The Morgan fingerprint density at radius 3 is 1.94 bits per heavy atom. The molecule has 0 heterocycles. The Morgan fingerprint density at radius 2 is 1.50 bits per heavy atom. The van der Waals surface area contributed by atoms with Gasteiger partial charge in [-0.05, 0) is 29.4 Å². The minimum absolute atomic E-state index is 0.262. The molecule has 0 aliphatic carbocycles. The highest BCUT2D eigenvalue weighted by Crippen LogP contribution is 2.22. The van der Waals surface area contributed by atoms with Crippen molar-refractivity contribution in [3.8, 4) is 0 Å². The highest BCUT2D eigenvalue weighted by atomic mass is 32.2. The summed E-state index contributed by atoms with van der Waals surface area (Å²) in [6, 6.07) is 0. The zero-order valence-electron chi connectivity index (χ0n) is 13.3. The van der Waals surface area contributed by atoms with Crippen LogP contribution in [0.1, 0.15) is 54.4 Å². The van der Waals surface area contributed by atoms with Gasteiger partial charge in [0, 0.05) is 13.6 Å². The molecule has 108 valence electrons. The van der Waals surface area contributed by atoms with Gasteiger partial charge >= 0.3 is 0 Å². The molecule has 0 atom stereocenters. The first-order valence-electron chi connectivity index (χ1n) is 6.83. The van der Waals surface area contributed by atoms with Crippen LogP contribution in [-0.2, 0) is 4.79 Å². The summed E-state index contributed by atoms with van der Waals surface area (Å²) in [5.41, 5.74) is 0.669. The molecule has 2 nitrogen and oxygen atoms in total. The van der Waals surface area contributed by atoms with Crippen LogP contribution in [0.5, 0.6) is 0 Å². The third kappa shape index (κ3) is 10.9. The number of thioether (sulfide) groups is 1. The molecule has 18 heavy (non-hydrogen) atoms. The fourth-order valence-corrected chi connectivity index (χ4v) is 2.57. The fourth-order valence-electron chi connectivity index (χ4n) is 1.28. The van der Waals surface area contributed by atoms with Gasteiger partial charge in [-0.3, -0.25) is 4.79 Å². The Kier molecular flexibility index (Phi) is 7.34. The largest absolute Gasteiger partial charge is 0.345 e. The van der Waals surface area contributed by atoms with Gasteiger partial charge in [-0.25, -0.2) is 0 Å². The molecule has 0 radical (unpaired) electrons. The fraction of sp³-hybridized carbons (Fsp3) is 0.933. The maximum absolute atomic E-state index is 11.9. The summed E-state index contributed by atoms with van der Waals surface area (Å²) in [6.45, 7) is 14.2. The first-order chi connectivity index (χ1) is 8.01. The minimum atomic E-state index is 0.262. The van der Waals surface area contributed by atoms with E-state index in [1.807, 2.05) is 11.9 Å². The van der Waals surface area contributed by atoms with Gasteiger partial charge in [0.15, 0.2) is 0 Å². The lowest BCUT2D eigenvalue weighted by molar-refractivity contribution is -0.127. The third-order valence-electron chi connectivity index (χ3n) is 2.84. The van der Waals surface area contributed by atoms with Crippen molar-refractivity contribution in [2.75, 3.05) is 25.1 Å². The number of carbonyl (C=O) groups excluding carboxylic acids is 1. The van der Waals surface area contributed by atoms with Crippen LogP contribution in [0.15, 0.2) is 0 Å². The SMILES string of the molecule is CN(CCC(C)(C)C)C(=O)CSCCC(C)(C)C. The number of hydrogen-bond donors (Lipinski definition) is 0. The summed E-state index contributed by atoms with van der Waals surface area (Å²) in [4.78, 5) is 13.8. The van der Waals surface area contributed by atoms with Crippen molar-refractivity contribution in [1.29, 1.82) is 0 Å². The molecular formula is C15H31NOS. The molecule has 0 aliphatic rings. The van der Waals surface area contributed by atoms with Gasteiger partial charge in [-0.2, -0.15) is 11.8 Å². The summed E-state index contributed by atoms with van der Waals surface area (Å²) in [5, 5.41) is 0. The molecule has 0 aromatic heterocycles. The number of amides is 1. The van der Waals surface area contributed by atoms with Gasteiger partial charge < -0.3 is 4.90 Å². The molecule has 0 aromatic rings. The van der Waals surface area contributed by atoms with E-state index in [1.54, 1.807) is 11.8 Å². The van der Waals surface area contributed by atoms with Crippen molar-refractivity contribution in [2.45, 2.75) is 54.4 Å². The maximum atomic E-state index is 11.9. The van der Waals surface area contributed by atoms with Crippen LogP contribution in [-0.4, -0.2) is 35.9 Å². The highest BCUT2D eigenvalue weighted by Gasteiger charge is 2.15. The molecule has 0 saturated carbocycles. The molecule has 3 heteroatoms. The second-order valence-corrected chi connectivity index (χ2v) is 8.59. The van der Waals surface area contributed by atoms with Gasteiger partial charge in [0.2, 0.25) is 5.91 Å². The molecule has 0 spiro atoms. The minimum Gasteiger partial charge on any atom is -0.345 e. The number of rotatable bonds is 6. The van der Waals surface area contributed by atoms with Gasteiger partial charge in [0.25, 0.3) is 0 Å². The van der Waals surface area contributed by atoms with E-state index in [0.29, 0.717) is 16.6 Å². The van der Waals surface area contributed by atoms with Gasteiger partial charge in [-0.1, -0.05) is 41.5 Å². The zero-order valence-corrected chi connectivity index (χ0v) is 14.1. The first-order valence-corrected chi connectivity index (χ1v) is 7.98. The van der Waals surface area contributed by atoms with Crippen molar-refractivity contribution in [2.24, 2.45) is 10.8 Å². The lowest BCUT2D eigenvalue weighted by Crippen LogP contribution is -2.31. The average molecular weight is 273 g/mol. The summed E-state index contributed by atoms with van der Waals surface area (Å²) in [5.74, 6) is 1.96. The molecule has 0 aliphatic heterocycles. The van der Waals surface area contributed by atoms with E-state index in [4.69, 9.17) is 0 Å². The topological polar surface area (TPSA) is 20.3 Å². The van der Waals surface area contributed by atoms with E-state index < -0.39 is 0 Å². The van der Waals surface area contributed by atoms with E-state index in [9.17, 15) is 4.79 Å². The normalized spacial score (nSPS) is 12.6. The smallest absolute Gasteiger partial charge is 0.232 e. The van der Waals surface area contributed by atoms with Crippen LogP contribution < -0.4 is 0 Å². The van der Waals surface area contributed by atoms with E-state index in [1.165, 1.54) is 0 Å². The van der Waals surface area contributed by atoms with Crippen molar-refractivity contribution in [3.63, 3.8) is 0 Å². The quantitative estimate of drug-likeness (QED) is 0.680. The van der Waals surface area contributed by atoms with Crippen LogP contribution >= 0.6 is 11.8 Å². The lowest BCUT2D eigenvalue weighted by Gasteiger charge is -2.24. The van der Waals surface area contributed by atoms with Crippen molar-refractivity contribution in [1.82, 2.24) is 4.90 Å². The lowest BCUT2D eigenvalue weighted by atomic mass is 9.92. The Balaban J connectivity index is 3.75. The van der Waals surface area contributed by atoms with E-state index >= 15 is 0 Å². The average Bonchev–Trinajstić information content (AvgIpc) is 2.18. The predicted molar refractivity (Wildman–Crippen MR) is 83.1 cm³/mol. The predicted octanol–water partition coefficient (Wildman–Crippen LogP) is 4.05. The second-order valence-electron chi connectivity index (χ2n) is 7.49. The van der Waals surface area contributed by atoms with Crippen LogP contribution in [0.3, 0.4) is 0 Å². The Bertz CT molecular complexity index is 250. The molecule has 0 unspecified atom stereocenters. The number of carbonyl (C=O) groups is 1. The van der Waals surface area contributed by atoms with Crippen LogP contribution in [0.4, 0.5) is 0 Å². The van der Waals surface area contributed by atoms with E-state index in [2.05, 4.69) is 41.5 Å². The van der Waals surface area contributed by atoms with Crippen LogP contribution in [0.25, 0.3) is 0 Å². The van der Waals surface area contributed by atoms with Gasteiger partial charge in [0.05, 0.1) is 5.75 Å². The third-order valence-corrected chi connectivity index (χ3v) is 3.79. The van der Waals surface area contributed by atoms with Crippen molar-refractivity contribution >= 4 is 17.7 Å². The standard InChI is InChI=1S/C15H31NOS/c1-14(2,3)8-10-16(7)13(17)12-18-11-9-15(4,5)6/h8-12H2,1-7H3. The summed E-state index contributed by atoms with van der Waals surface area (Å²) in [6.07, 6.45) is 2.22. The molecule has 0 N–H and O–H groups in total. The highest BCUT2D eigenvalue weighted by molar-refractivity contribution is 7.99. The summed E-state index contributed by atoms with van der Waals surface area (Å²) >= 11 is 1.76. The van der Waals surface area contributed by atoms with Gasteiger partial charge in [0.1, 0.15) is 0 Å². The molecule has 0 saturated heterocycles. The maximum Gasteiger partial charge on any atom is 0.232 e. The number of nitrogens with zero attached hydrogens (tertiary/aromatic N) is 1. The molecule has 0 rings (SSSR count). The molecule has 1 amide bonds. The monoisotopic (exact) mass is 273 g/mol. The summed E-state index contributed by atoms with van der Waals surface area (Å²) in [7, 11) is 1.92. The molecule has 0 bridgehead atoms. The van der Waals surface area contributed by atoms with Crippen molar-refractivity contribution < 1.29 is 4.79 Å². The van der Waals surface area contributed by atoms with Crippen LogP contribution in [0.2, 0.25) is 0 Å². The Labute approximate surface area is 118 Å². The Morgan fingerprint density at radius 1 is 1.00 bits per heavy atom. The second kappa shape index (κ2) is 7.42. The van der Waals surface area contributed by atoms with E-state index in [-0.39, 0.29) is 5.91 Å². The van der Waals surface area contributed by atoms with E-state index in [0.717, 1.165) is 25.1 Å². The molecule has 0 aromatic carbocycles. The first kappa shape index (κ1) is 17.8. The molecule has 0 fully saturated rings. The zero-order chi connectivity index (χ0) is 14.4.